The van der Waals surface area contributed by atoms with E-state index in [2.05, 4.69) is 17.6 Å². The number of nitrogens with one attached hydrogen (secondary N) is 2. The molecule has 0 aliphatic heterocycles. The minimum atomic E-state index is -0.683. The van der Waals surface area contributed by atoms with E-state index in [1.807, 2.05) is 13.8 Å². The second-order valence-electron chi connectivity index (χ2n) is 5.76. The molecule has 1 aliphatic carbocycles. The number of rotatable bonds is 7. The summed E-state index contributed by atoms with van der Waals surface area (Å²) in [7, 11) is 1.61. The summed E-state index contributed by atoms with van der Waals surface area (Å²) in [6.07, 6.45) is 6.32. The number of ether oxygens (including phenoxy) is 1. The summed E-state index contributed by atoms with van der Waals surface area (Å²) in [5, 5.41) is 6.71. The highest BCUT2D eigenvalue weighted by Crippen LogP contribution is 2.21. The maximum Gasteiger partial charge on any atom is 0.252 e. The van der Waals surface area contributed by atoms with Gasteiger partial charge in [-0.15, -0.1) is 0 Å². The monoisotopic (exact) mass is 270 g/mol. The molecule has 0 spiro atoms. The molecular formula is C15H30N2O2. The van der Waals surface area contributed by atoms with Crippen molar-refractivity contribution in [2.45, 2.75) is 77.0 Å². The third-order valence-corrected chi connectivity index (χ3v) is 4.35. The van der Waals surface area contributed by atoms with Crippen LogP contribution in [0.5, 0.6) is 0 Å². The van der Waals surface area contributed by atoms with E-state index in [0.29, 0.717) is 18.5 Å². The summed E-state index contributed by atoms with van der Waals surface area (Å²) in [5.74, 6) is 0.0301. The molecular weight excluding hydrogens is 240 g/mol. The summed E-state index contributed by atoms with van der Waals surface area (Å²) in [5.41, 5.74) is -0.683. The molecule has 4 heteroatoms. The molecule has 1 saturated carbocycles. The van der Waals surface area contributed by atoms with Crippen LogP contribution in [0, 0.1) is 0 Å². The van der Waals surface area contributed by atoms with Crippen molar-refractivity contribution in [2.75, 3.05) is 13.7 Å². The van der Waals surface area contributed by atoms with E-state index in [0.717, 1.165) is 32.2 Å². The summed E-state index contributed by atoms with van der Waals surface area (Å²) >= 11 is 0. The van der Waals surface area contributed by atoms with Crippen molar-refractivity contribution in [3.8, 4) is 0 Å². The van der Waals surface area contributed by atoms with Crippen LogP contribution in [0.2, 0.25) is 0 Å². The molecule has 1 aliphatic rings. The van der Waals surface area contributed by atoms with Crippen LogP contribution in [0.4, 0.5) is 0 Å². The van der Waals surface area contributed by atoms with E-state index in [-0.39, 0.29) is 5.91 Å². The molecule has 1 atom stereocenters. The maximum absolute atomic E-state index is 12.2. The molecule has 4 nitrogen and oxygen atoms in total. The van der Waals surface area contributed by atoms with Crippen molar-refractivity contribution in [1.29, 1.82) is 0 Å². The van der Waals surface area contributed by atoms with Crippen LogP contribution in [0.15, 0.2) is 0 Å². The van der Waals surface area contributed by atoms with Crippen molar-refractivity contribution in [3.05, 3.63) is 0 Å². The Labute approximate surface area is 117 Å². The summed E-state index contributed by atoms with van der Waals surface area (Å²) in [6.45, 7) is 7.12. The van der Waals surface area contributed by atoms with Crippen LogP contribution < -0.4 is 10.6 Å². The van der Waals surface area contributed by atoms with E-state index in [9.17, 15) is 4.79 Å². The van der Waals surface area contributed by atoms with Gasteiger partial charge in [0.25, 0.3) is 5.91 Å². The lowest BCUT2D eigenvalue weighted by Gasteiger charge is -2.33. The van der Waals surface area contributed by atoms with E-state index in [1.165, 1.54) is 6.42 Å². The Bertz CT molecular complexity index is 269. The summed E-state index contributed by atoms with van der Waals surface area (Å²) in [4.78, 5) is 12.2. The predicted octanol–water partition coefficient (Wildman–Crippen LogP) is 2.23. The molecule has 0 aromatic rings. The zero-order valence-corrected chi connectivity index (χ0v) is 12.9. The van der Waals surface area contributed by atoms with Crippen LogP contribution in [0.25, 0.3) is 0 Å². The first-order valence-corrected chi connectivity index (χ1v) is 7.65. The van der Waals surface area contributed by atoms with Crippen LogP contribution in [0.1, 0.15) is 59.3 Å². The average Bonchev–Trinajstić information content (AvgIpc) is 2.45. The standard InChI is InChI=1S/C15H30N2O2/c1-5-11-16-12-7-9-13(10-8-12)17-14(18)15(3,6-2)19-4/h12-13,16H,5-11H2,1-4H3,(H,17,18). The molecule has 1 unspecified atom stereocenters. The molecule has 0 aromatic carbocycles. The molecule has 0 aromatic heterocycles. The predicted molar refractivity (Wildman–Crippen MR) is 78.2 cm³/mol. The van der Waals surface area contributed by atoms with Gasteiger partial charge in [-0.1, -0.05) is 13.8 Å². The number of amides is 1. The molecule has 112 valence electrons. The lowest BCUT2D eigenvalue weighted by atomic mass is 9.90. The Morgan fingerprint density at radius 3 is 2.26 bits per heavy atom. The van der Waals surface area contributed by atoms with Gasteiger partial charge in [0.2, 0.25) is 0 Å². The minimum Gasteiger partial charge on any atom is -0.369 e. The smallest absolute Gasteiger partial charge is 0.252 e. The van der Waals surface area contributed by atoms with Crippen molar-refractivity contribution in [2.24, 2.45) is 0 Å². The van der Waals surface area contributed by atoms with Gasteiger partial charge in [0.05, 0.1) is 0 Å². The van der Waals surface area contributed by atoms with E-state index < -0.39 is 5.60 Å². The third kappa shape index (κ3) is 4.77. The van der Waals surface area contributed by atoms with Crippen molar-refractivity contribution in [3.63, 3.8) is 0 Å². The molecule has 2 N–H and O–H groups in total. The second kappa shape index (κ2) is 7.85. The van der Waals surface area contributed by atoms with Gasteiger partial charge >= 0.3 is 0 Å². The summed E-state index contributed by atoms with van der Waals surface area (Å²) in [6, 6.07) is 0.946. The number of methoxy groups -OCH3 is 1. The lowest BCUT2D eigenvalue weighted by Crippen LogP contribution is -2.51. The molecule has 1 fully saturated rings. The Kier molecular flexibility index (Phi) is 6.80. The number of carbonyl (C=O) groups is 1. The molecule has 0 heterocycles. The lowest BCUT2D eigenvalue weighted by molar-refractivity contribution is -0.142. The maximum atomic E-state index is 12.2. The zero-order chi connectivity index (χ0) is 14.3. The normalized spacial score (nSPS) is 26.7. The van der Waals surface area contributed by atoms with Crippen LogP contribution in [-0.4, -0.2) is 37.2 Å². The van der Waals surface area contributed by atoms with Crippen molar-refractivity contribution >= 4 is 5.91 Å². The Morgan fingerprint density at radius 1 is 1.21 bits per heavy atom. The molecule has 1 rings (SSSR count). The topological polar surface area (TPSA) is 50.4 Å². The average molecular weight is 270 g/mol. The largest absolute Gasteiger partial charge is 0.369 e. The number of carbonyl (C=O) groups excluding carboxylic acids is 1. The number of hydrogen-bond acceptors (Lipinski definition) is 3. The highest BCUT2D eigenvalue weighted by molar-refractivity contribution is 5.84. The quantitative estimate of drug-likeness (QED) is 0.746. The summed E-state index contributed by atoms with van der Waals surface area (Å²) < 4.78 is 5.34. The fourth-order valence-electron chi connectivity index (χ4n) is 2.53. The Balaban J connectivity index is 2.34. The first kappa shape index (κ1) is 16.4. The van der Waals surface area contributed by atoms with Crippen molar-refractivity contribution in [1.82, 2.24) is 10.6 Å². The van der Waals surface area contributed by atoms with Gasteiger partial charge in [-0.2, -0.15) is 0 Å². The fourth-order valence-corrected chi connectivity index (χ4v) is 2.53. The van der Waals surface area contributed by atoms with Gasteiger partial charge < -0.3 is 15.4 Å². The van der Waals surface area contributed by atoms with Gasteiger partial charge in [-0.05, 0) is 52.0 Å². The Morgan fingerprint density at radius 2 is 1.79 bits per heavy atom. The minimum absolute atomic E-state index is 0.0301. The highest BCUT2D eigenvalue weighted by Gasteiger charge is 2.33. The zero-order valence-electron chi connectivity index (χ0n) is 12.9. The Hall–Kier alpha value is -0.610. The van der Waals surface area contributed by atoms with E-state index in [1.54, 1.807) is 7.11 Å². The van der Waals surface area contributed by atoms with Crippen molar-refractivity contribution < 1.29 is 9.53 Å². The van der Waals surface area contributed by atoms with Crippen LogP contribution >= 0.6 is 0 Å². The second-order valence-corrected chi connectivity index (χ2v) is 5.76. The van der Waals surface area contributed by atoms with E-state index >= 15 is 0 Å². The van der Waals surface area contributed by atoms with Gasteiger partial charge in [-0.25, -0.2) is 0 Å². The number of hydrogen-bond donors (Lipinski definition) is 2. The first-order valence-electron chi connectivity index (χ1n) is 7.65. The van der Waals surface area contributed by atoms with Gasteiger partial charge in [0.15, 0.2) is 0 Å². The third-order valence-electron chi connectivity index (χ3n) is 4.35. The first-order chi connectivity index (χ1) is 9.05. The molecule has 0 bridgehead atoms. The van der Waals surface area contributed by atoms with Crippen LogP contribution in [-0.2, 0) is 9.53 Å². The fraction of sp³-hybridized carbons (Fsp3) is 0.933. The highest BCUT2D eigenvalue weighted by atomic mass is 16.5. The van der Waals surface area contributed by atoms with Gasteiger partial charge in [0.1, 0.15) is 5.60 Å². The van der Waals surface area contributed by atoms with Gasteiger partial charge in [0, 0.05) is 19.2 Å². The molecule has 1 amide bonds. The van der Waals surface area contributed by atoms with E-state index in [4.69, 9.17) is 4.74 Å². The van der Waals surface area contributed by atoms with Gasteiger partial charge in [-0.3, -0.25) is 4.79 Å². The SMILES string of the molecule is CCCNC1CCC(NC(=O)C(C)(CC)OC)CC1. The molecule has 0 radical (unpaired) electrons. The molecule has 19 heavy (non-hydrogen) atoms. The molecule has 0 saturated heterocycles. The van der Waals surface area contributed by atoms with Crippen LogP contribution in [0.3, 0.4) is 0 Å².